The normalized spacial score (nSPS) is 20.5. The molecule has 4 unspecified atom stereocenters. The zero-order chi connectivity index (χ0) is 33.3. The summed E-state index contributed by atoms with van der Waals surface area (Å²) < 4.78 is 13.1. The lowest BCUT2D eigenvalue weighted by atomic mass is 9.99. The van der Waals surface area contributed by atoms with Crippen molar-refractivity contribution < 1.29 is 24.2 Å². The van der Waals surface area contributed by atoms with Gasteiger partial charge in [-0.2, -0.15) is 0 Å². The molecule has 0 aliphatic carbocycles. The lowest BCUT2D eigenvalue weighted by molar-refractivity contribution is -0.253. The van der Waals surface area contributed by atoms with E-state index >= 15 is 0 Å². The number of nitrogens with zero attached hydrogens (tertiary/aromatic N) is 4. The Morgan fingerprint density at radius 2 is 1.62 bits per heavy atom. The van der Waals surface area contributed by atoms with Crippen molar-refractivity contribution in [2.75, 3.05) is 42.9 Å². The fraction of sp³-hybridized carbons (Fsp3) is 0.351. The molecule has 3 heterocycles. The average molecular weight is 651 g/mol. The highest BCUT2D eigenvalue weighted by Gasteiger charge is 2.34. The van der Waals surface area contributed by atoms with Crippen LogP contribution in [-0.2, 0) is 27.3 Å². The summed E-state index contributed by atoms with van der Waals surface area (Å²) in [5, 5.41) is 15.3. The van der Waals surface area contributed by atoms with Crippen molar-refractivity contribution in [1.29, 1.82) is 0 Å². The number of Topliss-reactive ketones (excluding diaryl/α,β-unsaturated/α-hetero) is 1. The molecule has 11 heteroatoms. The Bertz CT molecular complexity index is 1630. The van der Waals surface area contributed by atoms with E-state index in [-0.39, 0.29) is 24.6 Å². The van der Waals surface area contributed by atoms with Crippen molar-refractivity contribution in [2.45, 2.75) is 50.9 Å². The molecule has 250 valence electrons. The fourth-order valence-corrected chi connectivity index (χ4v) is 6.14. The summed E-state index contributed by atoms with van der Waals surface area (Å²) in [6.07, 6.45) is 3.61. The molecule has 2 fully saturated rings. The second kappa shape index (κ2) is 15.9. The van der Waals surface area contributed by atoms with Crippen LogP contribution in [-0.4, -0.2) is 76.7 Å². The van der Waals surface area contributed by atoms with Gasteiger partial charge in [-0.3, -0.25) is 9.69 Å². The van der Waals surface area contributed by atoms with E-state index in [1.807, 2.05) is 78.9 Å². The zero-order valence-electron chi connectivity index (χ0n) is 27.1. The Kier molecular flexibility index (Phi) is 11.0. The van der Waals surface area contributed by atoms with Gasteiger partial charge in [0.25, 0.3) is 0 Å². The number of anilines is 2. The molecule has 4 aromatic rings. The van der Waals surface area contributed by atoms with Gasteiger partial charge in [-0.25, -0.2) is 14.8 Å². The minimum absolute atomic E-state index is 0.0209. The van der Waals surface area contributed by atoms with Gasteiger partial charge in [-0.15, -0.1) is 0 Å². The molecular formula is C37H42N6O5. The largest absolute Gasteiger partial charge is 0.392 e. The molecule has 0 spiro atoms. The Labute approximate surface area is 280 Å². The standard InChI is InChI=1S/C37H42N6O5/c1-26(45)33(21-27-7-3-2-4-8-27)41-37(46)40-31-10-5-9-30(22-31)35-47-32(23-34(48-35)29-13-11-28(25-44)12-14-29)24-42-17-19-43(20-18-42)36-38-15-6-16-39-36/h2-16,22,32-35,44H,17-21,23-25H2,1H3,(H2,40,41,46). The van der Waals surface area contributed by atoms with E-state index in [1.165, 1.54) is 6.92 Å². The predicted octanol–water partition coefficient (Wildman–Crippen LogP) is 4.66. The number of hydrogen-bond acceptors (Lipinski definition) is 9. The number of urea groups is 1. The number of aromatic nitrogens is 2. The number of aliphatic hydroxyl groups is 1. The second-order valence-corrected chi connectivity index (χ2v) is 12.3. The number of benzene rings is 3. The summed E-state index contributed by atoms with van der Waals surface area (Å²) in [5.74, 6) is 0.631. The lowest BCUT2D eigenvalue weighted by Gasteiger charge is -2.40. The maximum Gasteiger partial charge on any atom is 0.319 e. The highest BCUT2D eigenvalue weighted by atomic mass is 16.7. The summed E-state index contributed by atoms with van der Waals surface area (Å²) in [6.45, 7) is 5.57. The molecule has 0 radical (unpaired) electrons. The van der Waals surface area contributed by atoms with Crippen LogP contribution in [0, 0.1) is 0 Å². The van der Waals surface area contributed by atoms with Crippen LogP contribution >= 0.6 is 0 Å². The van der Waals surface area contributed by atoms with Crippen LogP contribution in [0.25, 0.3) is 0 Å². The van der Waals surface area contributed by atoms with Gasteiger partial charge in [0.15, 0.2) is 12.1 Å². The van der Waals surface area contributed by atoms with Crippen LogP contribution in [0.3, 0.4) is 0 Å². The van der Waals surface area contributed by atoms with Crippen molar-refractivity contribution >= 4 is 23.5 Å². The van der Waals surface area contributed by atoms with E-state index in [1.54, 1.807) is 18.5 Å². The molecule has 48 heavy (non-hydrogen) atoms. The molecule has 11 nitrogen and oxygen atoms in total. The van der Waals surface area contributed by atoms with Gasteiger partial charge in [0, 0.05) is 62.8 Å². The monoisotopic (exact) mass is 650 g/mol. The molecule has 3 aromatic carbocycles. The van der Waals surface area contributed by atoms with Crippen LogP contribution in [0.4, 0.5) is 16.4 Å². The smallest absolute Gasteiger partial charge is 0.319 e. The summed E-state index contributed by atoms with van der Waals surface area (Å²) in [6, 6.07) is 25.6. The number of piperazine rings is 1. The van der Waals surface area contributed by atoms with Gasteiger partial charge in [0.05, 0.1) is 24.9 Å². The van der Waals surface area contributed by atoms with E-state index in [0.717, 1.165) is 60.9 Å². The third kappa shape index (κ3) is 8.81. The number of carbonyl (C=O) groups excluding carboxylic acids is 2. The van der Waals surface area contributed by atoms with E-state index in [0.29, 0.717) is 18.5 Å². The first-order valence-electron chi connectivity index (χ1n) is 16.4. The lowest BCUT2D eigenvalue weighted by Crippen LogP contribution is -2.50. The number of aliphatic hydroxyl groups excluding tert-OH is 1. The molecule has 2 aliphatic rings. The summed E-state index contributed by atoms with van der Waals surface area (Å²) >= 11 is 0. The maximum absolute atomic E-state index is 13.0. The zero-order valence-corrected chi connectivity index (χ0v) is 27.1. The average Bonchev–Trinajstić information content (AvgIpc) is 3.12. The molecule has 2 aliphatic heterocycles. The Balaban J connectivity index is 1.13. The van der Waals surface area contributed by atoms with Crippen molar-refractivity contribution in [3.05, 3.63) is 120 Å². The summed E-state index contributed by atoms with van der Waals surface area (Å²) in [7, 11) is 0. The number of amides is 2. The first kappa shape index (κ1) is 33.2. The highest BCUT2D eigenvalue weighted by molar-refractivity contribution is 5.93. The minimum Gasteiger partial charge on any atom is -0.392 e. The number of ketones is 1. The number of ether oxygens (including phenoxy) is 2. The number of nitrogens with one attached hydrogen (secondary N) is 2. The molecule has 2 amide bonds. The van der Waals surface area contributed by atoms with E-state index in [2.05, 4.69) is 30.4 Å². The van der Waals surface area contributed by atoms with Crippen molar-refractivity contribution in [2.24, 2.45) is 0 Å². The van der Waals surface area contributed by atoms with Crippen LogP contribution in [0.1, 0.15) is 48.0 Å². The van der Waals surface area contributed by atoms with Crippen LogP contribution in [0.5, 0.6) is 0 Å². The fourth-order valence-electron chi connectivity index (χ4n) is 6.14. The van der Waals surface area contributed by atoms with Gasteiger partial charge in [0.1, 0.15) is 0 Å². The minimum atomic E-state index is -0.668. The van der Waals surface area contributed by atoms with E-state index in [4.69, 9.17) is 9.47 Å². The SMILES string of the molecule is CC(=O)C(Cc1ccccc1)NC(=O)Nc1cccc(C2OC(CN3CCN(c4ncccn4)CC3)CC(c3ccc(CO)cc3)O2)c1. The van der Waals surface area contributed by atoms with Crippen LogP contribution < -0.4 is 15.5 Å². The molecule has 0 bridgehead atoms. The van der Waals surface area contributed by atoms with Crippen LogP contribution in [0.15, 0.2) is 97.3 Å². The Morgan fingerprint density at radius 1 is 0.875 bits per heavy atom. The maximum atomic E-state index is 13.0. The summed E-state index contributed by atoms with van der Waals surface area (Å²) in [5.41, 5.74) is 4.15. The molecule has 3 N–H and O–H groups in total. The first-order chi connectivity index (χ1) is 23.4. The van der Waals surface area contributed by atoms with E-state index in [9.17, 15) is 14.7 Å². The highest BCUT2D eigenvalue weighted by Crippen LogP contribution is 2.38. The topological polar surface area (TPSA) is 129 Å². The van der Waals surface area contributed by atoms with Gasteiger partial charge in [-0.1, -0.05) is 66.7 Å². The molecular weight excluding hydrogens is 608 g/mol. The van der Waals surface area contributed by atoms with Gasteiger partial charge in [-0.05, 0) is 48.2 Å². The molecule has 6 rings (SSSR count). The molecule has 4 atom stereocenters. The molecule has 1 aromatic heterocycles. The third-order valence-corrected chi connectivity index (χ3v) is 8.78. The van der Waals surface area contributed by atoms with Gasteiger partial charge in [0.2, 0.25) is 5.95 Å². The van der Waals surface area contributed by atoms with Gasteiger partial charge < -0.3 is 30.1 Å². The quantitative estimate of drug-likeness (QED) is 0.212. The predicted molar refractivity (Wildman–Crippen MR) is 182 cm³/mol. The Hall–Kier alpha value is -4.68. The Morgan fingerprint density at radius 3 is 2.33 bits per heavy atom. The van der Waals surface area contributed by atoms with Crippen molar-refractivity contribution in [3.63, 3.8) is 0 Å². The second-order valence-electron chi connectivity index (χ2n) is 12.3. The third-order valence-electron chi connectivity index (χ3n) is 8.78. The number of hydrogen-bond donors (Lipinski definition) is 3. The van der Waals surface area contributed by atoms with Crippen LogP contribution in [0.2, 0.25) is 0 Å². The van der Waals surface area contributed by atoms with Crippen molar-refractivity contribution in [1.82, 2.24) is 20.2 Å². The first-order valence-corrected chi connectivity index (χ1v) is 16.4. The molecule has 2 saturated heterocycles. The van der Waals surface area contributed by atoms with Gasteiger partial charge >= 0.3 is 6.03 Å². The molecule has 0 saturated carbocycles. The summed E-state index contributed by atoms with van der Waals surface area (Å²) in [4.78, 5) is 38.7. The number of rotatable bonds is 11. The number of carbonyl (C=O) groups is 2. The van der Waals surface area contributed by atoms with E-state index < -0.39 is 18.4 Å². The van der Waals surface area contributed by atoms with Crippen molar-refractivity contribution in [3.8, 4) is 0 Å².